The first-order valence-corrected chi connectivity index (χ1v) is 7.61. The Labute approximate surface area is 138 Å². The van der Waals surface area contributed by atoms with Crippen molar-refractivity contribution in [2.45, 2.75) is 26.3 Å². The molecule has 1 aromatic carbocycles. The Morgan fingerprint density at radius 1 is 1.29 bits per heavy atom. The molecular formula is C18H18N2O4. The van der Waals surface area contributed by atoms with Crippen LogP contribution in [0.4, 0.5) is 0 Å². The molecule has 6 nitrogen and oxygen atoms in total. The van der Waals surface area contributed by atoms with Gasteiger partial charge in [0.1, 0.15) is 11.8 Å². The van der Waals surface area contributed by atoms with Crippen molar-refractivity contribution >= 4 is 22.8 Å². The number of para-hydroxylation sites is 1. The summed E-state index contributed by atoms with van der Waals surface area (Å²) in [5.74, 6) is -0.856. The van der Waals surface area contributed by atoms with Gasteiger partial charge in [-0.1, -0.05) is 18.2 Å². The maximum atomic E-state index is 12.2. The minimum atomic E-state index is -1.09. The standard InChI is InChI=1S/C18H18N2O4/c1-10-7-16(24-11(10)2)17(21)20-15(18(22)23)8-12-9-19-14-6-4-3-5-13(12)14/h3-7,9,15,19H,8H2,1-2H3,(H,20,21)(H,22,23)/t15-/m1/s1. The van der Waals surface area contributed by atoms with Crippen LogP contribution in [-0.4, -0.2) is 28.0 Å². The minimum Gasteiger partial charge on any atom is -0.480 e. The van der Waals surface area contributed by atoms with Crippen molar-refractivity contribution in [1.82, 2.24) is 10.3 Å². The monoisotopic (exact) mass is 326 g/mol. The topological polar surface area (TPSA) is 95.3 Å². The van der Waals surface area contributed by atoms with E-state index in [1.807, 2.05) is 31.2 Å². The van der Waals surface area contributed by atoms with Gasteiger partial charge in [0.2, 0.25) is 0 Å². The number of aliphatic carboxylic acids is 1. The van der Waals surface area contributed by atoms with Gasteiger partial charge in [-0.3, -0.25) is 4.79 Å². The van der Waals surface area contributed by atoms with E-state index in [1.54, 1.807) is 19.2 Å². The van der Waals surface area contributed by atoms with Crippen molar-refractivity contribution in [2.24, 2.45) is 0 Å². The molecule has 124 valence electrons. The molecular weight excluding hydrogens is 308 g/mol. The number of H-pyrrole nitrogens is 1. The summed E-state index contributed by atoms with van der Waals surface area (Å²) in [4.78, 5) is 26.9. The van der Waals surface area contributed by atoms with Crippen LogP contribution in [0.5, 0.6) is 0 Å². The van der Waals surface area contributed by atoms with Crippen molar-refractivity contribution in [1.29, 1.82) is 0 Å². The molecule has 0 fully saturated rings. The number of furan rings is 1. The Balaban J connectivity index is 1.80. The fourth-order valence-corrected chi connectivity index (χ4v) is 2.63. The van der Waals surface area contributed by atoms with Gasteiger partial charge in [0.15, 0.2) is 5.76 Å². The molecule has 0 aliphatic rings. The van der Waals surface area contributed by atoms with Gasteiger partial charge in [-0.25, -0.2) is 4.79 Å². The second-order valence-corrected chi connectivity index (χ2v) is 5.78. The van der Waals surface area contributed by atoms with Gasteiger partial charge >= 0.3 is 5.97 Å². The van der Waals surface area contributed by atoms with Gasteiger partial charge in [0.05, 0.1) is 0 Å². The van der Waals surface area contributed by atoms with Crippen LogP contribution in [0.1, 0.15) is 27.4 Å². The van der Waals surface area contributed by atoms with E-state index in [2.05, 4.69) is 10.3 Å². The number of carboxylic acid groups (broad SMARTS) is 1. The van der Waals surface area contributed by atoms with Crippen LogP contribution >= 0.6 is 0 Å². The summed E-state index contributed by atoms with van der Waals surface area (Å²) in [7, 11) is 0. The van der Waals surface area contributed by atoms with E-state index in [0.29, 0.717) is 5.76 Å². The van der Waals surface area contributed by atoms with Crippen LogP contribution < -0.4 is 5.32 Å². The van der Waals surface area contributed by atoms with E-state index >= 15 is 0 Å². The lowest BCUT2D eigenvalue weighted by Crippen LogP contribution is -2.42. The van der Waals surface area contributed by atoms with Crippen molar-refractivity contribution < 1.29 is 19.1 Å². The number of hydrogen-bond donors (Lipinski definition) is 3. The molecule has 3 N–H and O–H groups in total. The second kappa shape index (κ2) is 6.23. The molecule has 0 bridgehead atoms. The quantitative estimate of drug-likeness (QED) is 0.672. The Hall–Kier alpha value is -3.02. The van der Waals surface area contributed by atoms with Gasteiger partial charge in [-0.2, -0.15) is 0 Å². The molecule has 2 aromatic heterocycles. The fourth-order valence-electron chi connectivity index (χ4n) is 2.63. The molecule has 3 rings (SSSR count). The first-order valence-electron chi connectivity index (χ1n) is 7.61. The summed E-state index contributed by atoms with van der Waals surface area (Å²) in [6.07, 6.45) is 1.96. The normalized spacial score (nSPS) is 12.2. The minimum absolute atomic E-state index is 0.121. The second-order valence-electron chi connectivity index (χ2n) is 5.78. The van der Waals surface area contributed by atoms with Crippen LogP contribution in [0.15, 0.2) is 40.9 Å². The van der Waals surface area contributed by atoms with E-state index in [9.17, 15) is 14.7 Å². The molecule has 0 radical (unpaired) electrons. The number of benzene rings is 1. The summed E-state index contributed by atoms with van der Waals surface area (Å²) >= 11 is 0. The number of carboxylic acids is 1. The van der Waals surface area contributed by atoms with Crippen LogP contribution in [0, 0.1) is 13.8 Å². The lowest BCUT2D eigenvalue weighted by molar-refractivity contribution is -0.139. The molecule has 1 atom stereocenters. The third kappa shape index (κ3) is 3.03. The Bertz CT molecular complexity index is 887. The molecule has 0 saturated heterocycles. The molecule has 0 unspecified atom stereocenters. The van der Waals surface area contributed by atoms with E-state index in [-0.39, 0.29) is 12.2 Å². The molecule has 2 heterocycles. The van der Waals surface area contributed by atoms with E-state index in [1.165, 1.54) is 0 Å². The molecule has 24 heavy (non-hydrogen) atoms. The lowest BCUT2D eigenvalue weighted by atomic mass is 10.0. The average Bonchev–Trinajstić information content (AvgIpc) is 3.11. The van der Waals surface area contributed by atoms with Crippen molar-refractivity contribution in [2.75, 3.05) is 0 Å². The van der Waals surface area contributed by atoms with Crippen molar-refractivity contribution in [3.63, 3.8) is 0 Å². The number of nitrogens with one attached hydrogen (secondary N) is 2. The number of aromatic nitrogens is 1. The summed E-state index contributed by atoms with van der Waals surface area (Å²) < 4.78 is 5.35. The van der Waals surface area contributed by atoms with Crippen molar-refractivity contribution in [3.05, 3.63) is 59.2 Å². The zero-order chi connectivity index (χ0) is 17.3. The fraction of sp³-hybridized carbons (Fsp3) is 0.222. The predicted octanol–water partition coefficient (Wildman–Crippen LogP) is 2.80. The van der Waals surface area contributed by atoms with Gasteiger partial charge in [0.25, 0.3) is 5.91 Å². The summed E-state index contributed by atoms with van der Waals surface area (Å²) in [5.41, 5.74) is 2.62. The van der Waals surface area contributed by atoms with Crippen molar-refractivity contribution in [3.8, 4) is 0 Å². The number of fused-ring (bicyclic) bond motifs is 1. The zero-order valence-electron chi connectivity index (χ0n) is 13.4. The number of rotatable bonds is 5. The molecule has 0 aliphatic carbocycles. The van der Waals surface area contributed by atoms with E-state index in [0.717, 1.165) is 22.0 Å². The molecule has 0 aliphatic heterocycles. The Morgan fingerprint density at radius 3 is 2.71 bits per heavy atom. The van der Waals surface area contributed by atoms with Gasteiger partial charge in [0, 0.05) is 23.5 Å². The number of aromatic amines is 1. The number of aryl methyl sites for hydroxylation is 2. The number of hydrogen-bond acceptors (Lipinski definition) is 3. The highest BCUT2D eigenvalue weighted by Crippen LogP contribution is 2.19. The van der Waals surface area contributed by atoms with Gasteiger partial charge in [-0.05, 0) is 37.1 Å². The molecule has 6 heteroatoms. The summed E-state index contributed by atoms with van der Waals surface area (Å²) in [6, 6.07) is 8.20. The maximum Gasteiger partial charge on any atom is 0.326 e. The van der Waals surface area contributed by atoms with E-state index in [4.69, 9.17) is 4.42 Å². The van der Waals surface area contributed by atoms with Gasteiger partial charge in [-0.15, -0.1) is 0 Å². The number of amides is 1. The lowest BCUT2D eigenvalue weighted by Gasteiger charge is -2.13. The maximum absolute atomic E-state index is 12.2. The Kier molecular flexibility index (Phi) is 4.12. The predicted molar refractivity (Wildman–Crippen MR) is 89.1 cm³/mol. The first-order chi connectivity index (χ1) is 11.5. The largest absolute Gasteiger partial charge is 0.480 e. The summed E-state index contributed by atoms with van der Waals surface area (Å²) in [6.45, 7) is 3.59. The molecule has 0 saturated carbocycles. The molecule has 0 spiro atoms. The van der Waals surface area contributed by atoms with E-state index < -0.39 is 17.9 Å². The highest BCUT2D eigenvalue weighted by atomic mass is 16.4. The Morgan fingerprint density at radius 2 is 2.04 bits per heavy atom. The summed E-state index contributed by atoms with van der Waals surface area (Å²) in [5, 5.41) is 12.9. The van der Waals surface area contributed by atoms with Gasteiger partial charge < -0.3 is 19.8 Å². The SMILES string of the molecule is Cc1cc(C(=O)N[C@H](Cc2c[nH]c3ccccc23)C(=O)O)oc1C. The first kappa shape index (κ1) is 15.9. The molecule has 1 amide bonds. The number of carbonyl (C=O) groups excluding carboxylic acids is 1. The average molecular weight is 326 g/mol. The third-order valence-corrected chi connectivity index (χ3v) is 4.09. The highest BCUT2D eigenvalue weighted by molar-refractivity contribution is 5.95. The smallest absolute Gasteiger partial charge is 0.326 e. The van der Waals surface area contributed by atoms with Crippen LogP contribution in [0.3, 0.4) is 0 Å². The van der Waals surface area contributed by atoms with Crippen LogP contribution in [-0.2, 0) is 11.2 Å². The molecule has 3 aromatic rings. The highest BCUT2D eigenvalue weighted by Gasteiger charge is 2.24. The zero-order valence-corrected chi connectivity index (χ0v) is 13.4. The third-order valence-electron chi connectivity index (χ3n) is 4.09. The van der Waals surface area contributed by atoms with Crippen LogP contribution in [0.25, 0.3) is 10.9 Å². The number of carbonyl (C=O) groups is 2. The van der Waals surface area contributed by atoms with Crippen LogP contribution in [0.2, 0.25) is 0 Å².